The number of nitrogens with zero attached hydrogens (tertiary/aromatic N) is 2. The molecule has 28 heavy (non-hydrogen) atoms. The molecule has 0 unspecified atom stereocenters. The summed E-state index contributed by atoms with van der Waals surface area (Å²) in [5.41, 5.74) is 1.78. The monoisotopic (exact) mass is 401 g/mol. The maximum Gasteiger partial charge on any atom is 0.250 e. The highest BCUT2D eigenvalue weighted by molar-refractivity contribution is 6.31. The minimum absolute atomic E-state index is 0.00445. The average Bonchev–Trinajstić information content (AvgIpc) is 3.20. The molecule has 1 fully saturated rings. The van der Waals surface area contributed by atoms with Gasteiger partial charge in [-0.25, -0.2) is 0 Å². The number of aromatic nitrogens is 1. The van der Waals surface area contributed by atoms with Gasteiger partial charge in [-0.15, -0.1) is 0 Å². The summed E-state index contributed by atoms with van der Waals surface area (Å²) in [6, 6.07) is 12.3. The number of pyridine rings is 1. The van der Waals surface area contributed by atoms with Crippen LogP contribution in [0.2, 0.25) is 5.02 Å². The van der Waals surface area contributed by atoms with Crippen LogP contribution in [-0.4, -0.2) is 39.7 Å². The van der Waals surface area contributed by atoms with Crippen LogP contribution in [0.3, 0.4) is 0 Å². The number of nitrogens with one attached hydrogen (secondary N) is 1. The van der Waals surface area contributed by atoms with Crippen molar-refractivity contribution >= 4 is 17.5 Å². The quantitative estimate of drug-likeness (QED) is 0.801. The van der Waals surface area contributed by atoms with Crippen molar-refractivity contribution in [3.05, 3.63) is 69.1 Å². The standard InChI is InChI=1S/C21H24ClN3O3/c1-2-23-21(28)20-15(12-26)14-11-24-17(8-5-9-18(24)27)19(14)25(20)10-13-6-3-4-7-16(13)22/h3-9,14-15,19-20,26H,2,10-12H2,1H3,(H,23,28)/t14-,15-,19+,20-/m1/s1. The molecule has 2 aromatic rings. The molecule has 2 aliphatic rings. The molecule has 2 aliphatic heterocycles. The number of likely N-dealkylation sites (tertiary alicyclic amines) is 1. The molecule has 148 valence electrons. The maximum atomic E-state index is 12.9. The summed E-state index contributed by atoms with van der Waals surface area (Å²) in [5.74, 6) is -0.346. The summed E-state index contributed by atoms with van der Waals surface area (Å²) in [4.78, 5) is 27.4. The first-order valence-corrected chi connectivity index (χ1v) is 10.0. The molecule has 1 amide bonds. The van der Waals surface area contributed by atoms with Gasteiger partial charge in [0.25, 0.3) is 5.56 Å². The fourth-order valence-electron chi connectivity index (χ4n) is 4.84. The molecule has 0 spiro atoms. The first-order chi connectivity index (χ1) is 13.6. The van der Waals surface area contributed by atoms with Gasteiger partial charge in [-0.2, -0.15) is 0 Å². The number of aliphatic hydroxyl groups is 1. The number of amides is 1. The lowest BCUT2D eigenvalue weighted by atomic mass is 9.88. The highest BCUT2D eigenvalue weighted by Crippen LogP contribution is 2.49. The molecule has 0 aliphatic carbocycles. The molecule has 1 saturated heterocycles. The number of aliphatic hydroxyl groups excluding tert-OH is 1. The van der Waals surface area contributed by atoms with Gasteiger partial charge in [0.1, 0.15) is 0 Å². The van der Waals surface area contributed by atoms with E-state index >= 15 is 0 Å². The van der Waals surface area contributed by atoms with Crippen molar-refractivity contribution in [3.63, 3.8) is 0 Å². The Morgan fingerprint density at radius 1 is 1.25 bits per heavy atom. The predicted molar refractivity (Wildman–Crippen MR) is 107 cm³/mol. The zero-order chi connectivity index (χ0) is 19.8. The van der Waals surface area contributed by atoms with Crippen LogP contribution < -0.4 is 10.9 Å². The second-order valence-corrected chi connectivity index (χ2v) is 7.86. The molecule has 4 atom stereocenters. The van der Waals surface area contributed by atoms with Crippen molar-refractivity contribution in [1.29, 1.82) is 0 Å². The summed E-state index contributed by atoms with van der Waals surface area (Å²) < 4.78 is 1.77. The Morgan fingerprint density at radius 3 is 2.75 bits per heavy atom. The van der Waals surface area contributed by atoms with Gasteiger partial charge in [0.05, 0.1) is 12.1 Å². The second kappa shape index (κ2) is 7.70. The van der Waals surface area contributed by atoms with Crippen molar-refractivity contribution in [2.24, 2.45) is 11.8 Å². The van der Waals surface area contributed by atoms with Gasteiger partial charge in [-0.1, -0.05) is 35.9 Å². The Morgan fingerprint density at radius 2 is 2.04 bits per heavy atom. The minimum Gasteiger partial charge on any atom is -0.396 e. The highest BCUT2D eigenvalue weighted by Gasteiger charge is 2.55. The van der Waals surface area contributed by atoms with Crippen LogP contribution >= 0.6 is 11.6 Å². The highest BCUT2D eigenvalue weighted by atomic mass is 35.5. The third-order valence-electron chi connectivity index (χ3n) is 6.00. The Bertz CT molecular complexity index is 944. The number of likely N-dealkylation sites (N-methyl/N-ethyl adjacent to an activating group) is 1. The zero-order valence-electron chi connectivity index (χ0n) is 15.7. The molecule has 7 heteroatoms. The van der Waals surface area contributed by atoms with Crippen molar-refractivity contribution in [2.45, 2.75) is 32.1 Å². The molecule has 1 aromatic carbocycles. The Hall–Kier alpha value is -2.15. The second-order valence-electron chi connectivity index (χ2n) is 7.46. The average molecular weight is 402 g/mol. The van der Waals surface area contributed by atoms with Gasteiger partial charge < -0.3 is 15.0 Å². The Kier molecular flexibility index (Phi) is 5.27. The lowest BCUT2D eigenvalue weighted by Crippen LogP contribution is -2.48. The fourth-order valence-corrected chi connectivity index (χ4v) is 5.03. The molecule has 0 bridgehead atoms. The topological polar surface area (TPSA) is 74.6 Å². The van der Waals surface area contributed by atoms with Crippen LogP contribution in [0, 0.1) is 11.8 Å². The Labute approximate surface area is 168 Å². The number of hydrogen-bond donors (Lipinski definition) is 2. The number of fused-ring (bicyclic) bond motifs is 3. The molecule has 3 heterocycles. The molecule has 1 aromatic heterocycles. The van der Waals surface area contributed by atoms with Gasteiger partial charge in [0, 0.05) is 54.9 Å². The van der Waals surface area contributed by atoms with Crippen LogP contribution in [0.5, 0.6) is 0 Å². The number of halogens is 1. The molecule has 0 radical (unpaired) electrons. The summed E-state index contributed by atoms with van der Waals surface area (Å²) in [6.45, 7) is 3.29. The summed E-state index contributed by atoms with van der Waals surface area (Å²) in [6.07, 6.45) is 0. The van der Waals surface area contributed by atoms with Crippen molar-refractivity contribution < 1.29 is 9.90 Å². The zero-order valence-corrected chi connectivity index (χ0v) is 16.5. The molecular formula is C21H24ClN3O3. The van der Waals surface area contributed by atoms with E-state index in [1.165, 1.54) is 0 Å². The Balaban J connectivity index is 1.80. The van der Waals surface area contributed by atoms with Crippen LogP contribution in [-0.2, 0) is 17.9 Å². The van der Waals surface area contributed by atoms with E-state index in [1.807, 2.05) is 37.3 Å². The SMILES string of the molecule is CCNC(=O)[C@H]1[C@H](CO)[C@H]2Cn3c(cccc3=O)[C@H]2N1Cc1ccccc1Cl. The number of benzene rings is 1. The molecule has 0 saturated carbocycles. The van der Waals surface area contributed by atoms with Gasteiger partial charge in [-0.05, 0) is 24.6 Å². The van der Waals surface area contributed by atoms with E-state index < -0.39 is 6.04 Å². The van der Waals surface area contributed by atoms with E-state index in [2.05, 4.69) is 10.2 Å². The minimum atomic E-state index is -0.472. The van der Waals surface area contributed by atoms with Crippen molar-refractivity contribution in [3.8, 4) is 0 Å². The van der Waals surface area contributed by atoms with Crippen molar-refractivity contribution in [2.75, 3.05) is 13.2 Å². The molecule has 6 nitrogen and oxygen atoms in total. The van der Waals surface area contributed by atoms with Crippen LogP contribution in [0.4, 0.5) is 0 Å². The lowest BCUT2D eigenvalue weighted by molar-refractivity contribution is -0.127. The van der Waals surface area contributed by atoms with Gasteiger partial charge in [-0.3, -0.25) is 14.5 Å². The van der Waals surface area contributed by atoms with Crippen LogP contribution in [0.1, 0.15) is 24.2 Å². The van der Waals surface area contributed by atoms with E-state index in [0.717, 1.165) is 11.3 Å². The first-order valence-electron chi connectivity index (χ1n) is 9.64. The normalized spacial score (nSPS) is 26.1. The smallest absolute Gasteiger partial charge is 0.250 e. The summed E-state index contributed by atoms with van der Waals surface area (Å²) >= 11 is 6.40. The van der Waals surface area contributed by atoms with E-state index in [9.17, 15) is 14.7 Å². The molecule has 2 N–H and O–H groups in total. The third-order valence-corrected chi connectivity index (χ3v) is 6.37. The van der Waals surface area contributed by atoms with E-state index in [1.54, 1.807) is 16.7 Å². The first kappa shape index (κ1) is 19.2. The fraction of sp³-hybridized carbons (Fsp3) is 0.429. The van der Waals surface area contributed by atoms with Crippen molar-refractivity contribution in [1.82, 2.24) is 14.8 Å². The summed E-state index contributed by atoms with van der Waals surface area (Å²) in [5, 5.41) is 13.7. The van der Waals surface area contributed by atoms with E-state index in [-0.39, 0.29) is 36.0 Å². The summed E-state index contributed by atoms with van der Waals surface area (Å²) in [7, 11) is 0. The van der Waals surface area contributed by atoms with Gasteiger partial charge in [0.15, 0.2) is 0 Å². The largest absolute Gasteiger partial charge is 0.396 e. The third kappa shape index (κ3) is 3.05. The number of hydrogen-bond acceptors (Lipinski definition) is 4. The number of carbonyl (C=O) groups excluding carboxylic acids is 1. The van der Waals surface area contributed by atoms with E-state index in [0.29, 0.717) is 24.7 Å². The predicted octanol–water partition coefficient (Wildman–Crippen LogP) is 1.80. The lowest BCUT2D eigenvalue weighted by Gasteiger charge is -2.31. The molecule has 4 rings (SSSR count). The number of carbonyl (C=O) groups is 1. The maximum absolute atomic E-state index is 12.9. The molecular weight excluding hydrogens is 378 g/mol. The van der Waals surface area contributed by atoms with Crippen LogP contribution in [0.25, 0.3) is 0 Å². The number of rotatable bonds is 5. The van der Waals surface area contributed by atoms with Gasteiger partial charge in [0.2, 0.25) is 5.91 Å². The van der Waals surface area contributed by atoms with Crippen LogP contribution in [0.15, 0.2) is 47.3 Å². The van der Waals surface area contributed by atoms with E-state index in [4.69, 9.17) is 11.6 Å². The van der Waals surface area contributed by atoms with Gasteiger partial charge >= 0.3 is 0 Å².